The quantitative estimate of drug-likeness (QED) is 0.564. The van der Waals surface area contributed by atoms with Gasteiger partial charge in [-0.25, -0.2) is 4.79 Å². The zero-order valence-electron chi connectivity index (χ0n) is 16.9. The summed E-state index contributed by atoms with van der Waals surface area (Å²) >= 11 is 5.23. The second-order valence-electron chi connectivity index (χ2n) is 7.05. The first kappa shape index (κ1) is 20.4. The Hall–Kier alpha value is -2.32. The molecule has 1 N–H and O–H groups in total. The van der Waals surface area contributed by atoms with Gasteiger partial charge >= 0.3 is 5.69 Å². The molecule has 1 aliphatic heterocycles. The van der Waals surface area contributed by atoms with Crippen molar-refractivity contribution in [2.24, 2.45) is 14.1 Å². The number of aromatic nitrogens is 2. The monoisotopic (exact) mass is 403 g/mol. The highest BCUT2D eigenvalue weighted by molar-refractivity contribution is 7.71. The molecular weight excluding hydrogens is 374 g/mol. The van der Waals surface area contributed by atoms with Crippen LogP contribution in [0.25, 0.3) is 0 Å². The lowest BCUT2D eigenvalue weighted by molar-refractivity contribution is 0.256. The van der Waals surface area contributed by atoms with Crippen LogP contribution in [0.2, 0.25) is 0 Å². The van der Waals surface area contributed by atoms with Crippen LogP contribution in [0.1, 0.15) is 6.42 Å². The number of methoxy groups -OCH3 is 1. The van der Waals surface area contributed by atoms with E-state index in [-0.39, 0.29) is 5.69 Å². The summed E-state index contributed by atoms with van der Waals surface area (Å²) in [4.78, 5) is 17.0. The van der Waals surface area contributed by atoms with Crippen molar-refractivity contribution in [2.75, 3.05) is 56.6 Å². The number of nitrogens with zero attached hydrogens (tertiary/aromatic N) is 4. The topological polar surface area (TPSA) is 54.7 Å². The molecule has 1 aromatic carbocycles. The minimum Gasteiger partial charge on any atom is -0.495 e. The summed E-state index contributed by atoms with van der Waals surface area (Å²) in [7, 11) is 5.18. The van der Waals surface area contributed by atoms with Gasteiger partial charge in [-0.1, -0.05) is 24.4 Å². The SMILES string of the molecule is COc1ccccc1N1CCN(CCCNc2cc(=S)n(C)c(=O)n2C)CC1. The molecule has 1 aliphatic rings. The van der Waals surface area contributed by atoms with E-state index >= 15 is 0 Å². The van der Waals surface area contributed by atoms with Crippen molar-refractivity contribution in [1.29, 1.82) is 0 Å². The van der Waals surface area contributed by atoms with Crippen molar-refractivity contribution in [3.8, 4) is 5.75 Å². The molecule has 7 nitrogen and oxygen atoms in total. The molecule has 2 heterocycles. The lowest BCUT2D eigenvalue weighted by Crippen LogP contribution is -2.47. The van der Waals surface area contributed by atoms with Gasteiger partial charge in [0.1, 0.15) is 16.2 Å². The maximum Gasteiger partial charge on any atom is 0.330 e. The van der Waals surface area contributed by atoms with E-state index < -0.39 is 0 Å². The van der Waals surface area contributed by atoms with Crippen LogP contribution in [0.4, 0.5) is 11.5 Å². The zero-order chi connectivity index (χ0) is 20.1. The summed E-state index contributed by atoms with van der Waals surface area (Å²) in [6, 6.07) is 10.0. The molecule has 0 atom stereocenters. The molecule has 1 saturated heterocycles. The molecule has 28 heavy (non-hydrogen) atoms. The molecule has 0 radical (unpaired) electrons. The Labute approximate surface area is 171 Å². The summed E-state index contributed by atoms with van der Waals surface area (Å²) in [6.45, 7) is 5.90. The molecular formula is C20H29N5O2S. The number of rotatable bonds is 7. The molecule has 0 saturated carbocycles. The number of piperazine rings is 1. The lowest BCUT2D eigenvalue weighted by atomic mass is 10.2. The van der Waals surface area contributed by atoms with Crippen LogP contribution in [0.15, 0.2) is 35.1 Å². The minimum atomic E-state index is -0.109. The second kappa shape index (κ2) is 9.25. The Kier molecular flexibility index (Phi) is 6.74. The molecule has 2 aromatic rings. The molecule has 0 spiro atoms. The highest BCUT2D eigenvalue weighted by atomic mass is 32.1. The lowest BCUT2D eigenvalue weighted by Gasteiger charge is -2.36. The van der Waals surface area contributed by atoms with E-state index in [1.807, 2.05) is 18.2 Å². The first-order valence-corrected chi connectivity index (χ1v) is 10.0. The van der Waals surface area contributed by atoms with Crippen LogP contribution in [0, 0.1) is 4.64 Å². The summed E-state index contributed by atoms with van der Waals surface area (Å²) in [5.74, 6) is 1.71. The highest BCUT2D eigenvalue weighted by Crippen LogP contribution is 2.28. The van der Waals surface area contributed by atoms with Gasteiger partial charge in [0.15, 0.2) is 0 Å². The van der Waals surface area contributed by atoms with E-state index in [4.69, 9.17) is 17.0 Å². The fraction of sp³-hybridized carbons (Fsp3) is 0.500. The van der Waals surface area contributed by atoms with Crippen molar-refractivity contribution in [3.63, 3.8) is 0 Å². The first-order chi connectivity index (χ1) is 13.5. The number of para-hydroxylation sites is 2. The summed E-state index contributed by atoms with van der Waals surface area (Å²) in [6.07, 6.45) is 1.01. The first-order valence-electron chi connectivity index (χ1n) is 9.62. The predicted octanol–water partition coefficient (Wildman–Crippen LogP) is 2.09. The number of ether oxygens (including phenoxy) is 1. The van der Waals surface area contributed by atoms with Crippen LogP contribution >= 0.6 is 12.2 Å². The Morgan fingerprint density at radius 1 is 1.11 bits per heavy atom. The molecule has 0 bridgehead atoms. The fourth-order valence-corrected chi connectivity index (χ4v) is 3.71. The van der Waals surface area contributed by atoms with Crippen molar-refractivity contribution in [2.45, 2.75) is 6.42 Å². The third-order valence-electron chi connectivity index (χ3n) is 5.28. The van der Waals surface area contributed by atoms with E-state index in [1.54, 1.807) is 25.8 Å². The zero-order valence-corrected chi connectivity index (χ0v) is 17.7. The van der Waals surface area contributed by atoms with Gasteiger partial charge in [0.2, 0.25) is 0 Å². The Morgan fingerprint density at radius 3 is 2.54 bits per heavy atom. The normalized spacial score (nSPS) is 14.9. The summed E-state index contributed by atoms with van der Waals surface area (Å²) in [5, 5.41) is 3.34. The van der Waals surface area contributed by atoms with Crippen LogP contribution in [0.3, 0.4) is 0 Å². The average molecular weight is 404 g/mol. The van der Waals surface area contributed by atoms with Crippen LogP contribution in [0.5, 0.6) is 5.75 Å². The van der Waals surface area contributed by atoms with Gasteiger partial charge in [0, 0.05) is 52.9 Å². The second-order valence-corrected chi connectivity index (χ2v) is 7.47. The third-order valence-corrected chi connectivity index (χ3v) is 5.67. The minimum absolute atomic E-state index is 0.109. The molecule has 1 fully saturated rings. The molecule has 152 valence electrons. The molecule has 3 rings (SSSR count). The number of hydrogen-bond donors (Lipinski definition) is 1. The van der Waals surface area contributed by atoms with Crippen molar-refractivity contribution in [3.05, 3.63) is 45.5 Å². The third kappa shape index (κ3) is 4.56. The van der Waals surface area contributed by atoms with E-state index in [9.17, 15) is 4.79 Å². The van der Waals surface area contributed by atoms with Gasteiger partial charge in [-0.05, 0) is 25.1 Å². The number of anilines is 2. The largest absolute Gasteiger partial charge is 0.495 e. The van der Waals surface area contributed by atoms with Crippen LogP contribution in [-0.2, 0) is 14.1 Å². The van der Waals surface area contributed by atoms with E-state index in [1.165, 1.54) is 10.3 Å². The van der Waals surface area contributed by atoms with Crippen molar-refractivity contribution in [1.82, 2.24) is 14.0 Å². The van der Waals surface area contributed by atoms with E-state index in [0.29, 0.717) is 4.64 Å². The van der Waals surface area contributed by atoms with E-state index in [2.05, 4.69) is 27.2 Å². The maximum atomic E-state index is 12.1. The van der Waals surface area contributed by atoms with Crippen LogP contribution in [-0.4, -0.2) is 60.4 Å². The fourth-order valence-electron chi connectivity index (χ4n) is 3.53. The van der Waals surface area contributed by atoms with Crippen LogP contribution < -0.4 is 20.6 Å². The highest BCUT2D eigenvalue weighted by Gasteiger charge is 2.19. The van der Waals surface area contributed by atoms with Gasteiger partial charge in [-0.2, -0.15) is 0 Å². The van der Waals surface area contributed by atoms with E-state index in [0.717, 1.165) is 57.3 Å². The predicted molar refractivity (Wildman–Crippen MR) is 116 cm³/mol. The van der Waals surface area contributed by atoms with Gasteiger partial charge in [-0.3, -0.25) is 14.0 Å². The smallest absolute Gasteiger partial charge is 0.330 e. The van der Waals surface area contributed by atoms with Gasteiger partial charge < -0.3 is 15.0 Å². The summed E-state index contributed by atoms with van der Waals surface area (Å²) in [5.41, 5.74) is 1.06. The Balaban J connectivity index is 1.45. The van der Waals surface area contributed by atoms with Crippen molar-refractivity contribution < 1.29 is 4.74 Å². The average Bonchev–Trinajstić information content (AvgIpc) is 2.73. The maximum absolute atomic E-state index is 12.1. The number of hydrogen-bond acceptors (Lipinski definition) is 6. The van der Waals surface area contributed by atoms with Crippen molar-refractivity contribution >= 4 is 23.7 Å². The van der Waals surface area contributed by atoms with Gasteiger partial charge in [0.25, 0.3) is 0 Å². The Morgan fingerprint density at radius 2 is 1.82 bits per heavy atom. The standard InChI is InChI=1S/C20H29N5O2S/c1-22-18(15-19(28)23(2)20(22)26)21-9-6-10-24-11-13-25(14-12-24)16-7-4-5-8-17(16)27-3/h4-5,7-8,15,21H,6,9-14H2,1-3H3. The molecule has 1 aromatic heterocycles. The molecule has 0 unspecified atom stereocenters. The molecule has 8 heteroatoms. The van der Waals surface area contributed by atoms with Gasteiger partial charge in [0.05, 0.1) is 12.8 Å². The summed E-state index contributed by atoms with van der Waals surface area (Å²) < 4.78 is 9.10. The molecule has 0 aliphatic carbocycles. The molecule has 0 amide bonds. The Bertz CT molecular complexity index is 916. The van der Waals surface area contributed by atoms with Gasteiger partial charge in [-0.15, -0.1) is 0 Å². The number of nitrogens with one attached hydrogen (secondary N) is 1. The number of benzene rings is 1.